The van der Waals surface area contributed by atoms with Crippen LogP contribution in [0.4, 0.5) is 5.00 Å². The number of thiocarbonyl (C=S) groups is 1. The molecule has 0 aromatic carbocycles. The van der Waals surface area contributed by atoms with Crippen molar-refractivity contribution in [2.75, 3.05) is 12.6 Å². The molecule has 0 radical (unpaired) electrons. The third kappa shape index (κ3) is 3.91. The van der Waals surface area contributed by atoms with Crippen LogP contribution in [0.5, 0.6) is 0 Å². The zero-order valence-corrected chi connectivity index (χ0v) is 11.8. The molecule has 8 heteroatoms. The lowest BCUT2D eigenvalue weighted by atomic mass is 10.4. The van der Waals surface area contributed by atoms with Crippen molar-refractivity contribution in [2.24, 2.45) is 0 Å². The zero-order chi connectivity index (χ0) is 13.5. The molecule has 1 fully saturated rings. The van der Waals surface area contributed by atoms with E-state index in [9.17, 15) is 4.79 Å². The van der Waals surface area contributed by atoms with E-state index < -0.39 is 0 Å². The van der Waals surface area contributed by atoms with Crippen molar-refractivity contribution < 1.29 is 14.4 Å². The highest BCUT2D eigenvalue weighted by atomic mass is 32.2. The van der Waals surface area contributed by atoms with Gasteiger partial charge < -0.3 is 10.1 Å². The third-order valence-electron chi connectivity index (χ3n) is 1.74. The molecule has 2 N–H and O–H groups in total. The van der Waals surface area contributed by atoms with Crippen LogP contribution in [0.15, 0.2) is 17.0 Å². The lowest BCUT2D eigenvalue weighted by Gasteiger charge is -1.95. The molecule has 0 bridgehead atoms. The summed E-state index contributed by atoms with van der Waals surface area (Å²) in [5.74, 6) is -0.135. The minimum atomic E-state index is -0.135. The van der Waals surface area contributed by atoms with Crippen LogP contribution < -0.4 is 10.8 Å². The van der Waals surface area contributed by atoms with E-state index in [1.807, 2.05) is 25.0 Å². The van der Waals surface area contributed by atoms with Gasteiger partial charge in [-0.1, -0.05) is 24.0 Å². The molecular weight excluding hydrogens is 292 g/mol. The lowest BCUT2D eigenvalue weighted by molar-refractivity contribution is -0.115. The Balaban J connectivity index is 0.000000771. The second-order valence-corrected chi connectivity index (χ2v) is 5.69. The fraction of sp³-hybridized carbons (Fsp3) is 0.100. The van der Waals surface area contributed by atoms with E-state index in [1.165, 1.54) is 23.1 Å². The molecule has 96 valence electrons. The van der Waals surface area contributed by atoms with Gasteiger partial charge in [0.05, 0.1) is 12.0 Å². The minimum Gasteiger partial charge on any atom is -0.307 e. The molecular formula is C10H10N2O3S3. The first-order valence-corrected chi connectivity index (χ1v) is 6.66. The second-order valence-electron chi connectivity index (χ2n) is 2.86. The summed E-state index contributed by atoms with van der Waals surface area (Å²) in [5, 5.41) is 3.46. The van der Waals surface area contributed by atoms with Crippen LogP contribution in [0.1, 0.15) is 4.88 Å². The average Bonchev–Trinajstić information content (AvgIpc) is 2.91. The van der Waals surface area contributed by atoms with Gasteiger partial charge in [-0.3, -0.25) is 15.1 Å². The summed E-state index contributed by atoms with van der Waals surface area (Å²) < 4.78 is 0.503. The smallest absolute Gasteiger partial charge is 0.263 e. The highest BCUT2D eigenvalue weighted by molar-refractivity contribution is 8.26. The Morgan fingerprint density at radius 2 is 2.22 bits per heavy atom. The van der Waals surface area contributed by atoms with Gasteiger partial charge in [-0.2, -0.15) is 0 Å². The molecule has 0 aliphatic carbocycles. The molecule has 1 aromatic heterocycles. The number of carbonyl (C=O) groups excluding carboxylic acids is 2. The number of anilines is 1. The van der Waals surface area contributed by atoms with Crippen LogP contribution in [0, 0.1) is 0 Å². The summed E-state index contributed by atoms with van der Waals surface area (Å²) >= 11 is 7.67. The van der Waals surface area contributed by atoms with Gasteiger partial charge in [0.25, 0.3) is 5.91 Å². The van der Waals surface area contributed by atoms with Crippen LogP contribution in [0.3, 0.4) is 0 Å². The van der Waals surface area contributed by atoms with E-state index in [4.69, 9.17) is 21.8 Å². The van der Waals surface area contributed by atoms with Crippen LogP contribution in [0.2, 0.25) is 0 Å². The molecule has 0 saturated carbocycles. The fourth-order valence-electron chi connectivity index (χ4n) is 1.14. The van der Waals surface area contributed by atoms with Crippen molar-refractivity contribution in [1.29, 1.82) is 0 Å². The normalized spacial score (nSPS) is 16.2. The van der Waals surface area contributed by atoms with Crippen LogP contribution in [-0.4, -0.2) is 24.1 Å². The van der Waals surface area contributed by atoms with Gasteiger partial charge in [-0.05, 0) is 18.2 Å². The number of thiophene rings is 1. The molecule has 1 aromatic rings. The number of hydrogen-bond acceptors (Lipinski definition) is 7. The van der Waals surface area contributed by atoms with Gasteiger partial charge in [0.15, 0.2) is 0 Å². The quantitative estimate of drug-likeness (QED) is 0.506. The molecule has 0 unspecified atom stereocenters. The van der Waals surface area contributed by atoms with Gasteiger partial charge in [-0.15, -0.1) is 11.3 Å². The summed E-state index contributed by atoms with van der Waals surface area (Å²) in [5.41, 5.74) is 2.73. The topological polar surface area (TPSA) is 67.4 Å². The Bertz CT molecular complexity index is 484. The predicted molar refractivity (Wildman–Crippen MR) is 78.4 cm³/mol. The summed E-state index contributed by atoms with van der Waals surface area (Å²) in [7, 11) is 1.55. The highest BCUT2D eigenvalue weighted by Gasteiger charge is 2.22. The summed E-state index contributed by atoms with van der Waals surface area (Å²) in [6, 6.07) is 3.80. The fourth-order valence-corrected chi connectivity index (χ4v) is 3.07. The number of amides is 1. The van der Waals surface area contributed by atoms with Crippen molar-refractivity contribution in [3.8, 4) is 0 Å². The molecule has 0 atom stereocenters. The van der Waals surface area contributed by atoms with E-state index in [0.29, 0.717) is 9.23 Å². The van der Waals surface area contributed by atoms with Gasteiger partial charge in [0.2, 0.25) is 0 Å². The summed E-state index contributed by atoms with van der Waals surface area (Å²) in [6.07, 6.45) is 1.81. The lowest BCUT2D eigenvalue weighted by Crippen LogP contribution is -2.17. The van der Waals surface area contributed by atoms with Crippen molar-refractivity contribution in [3.05, 3.63) is 21.9 Å². The second kappa shape index (κ2) is 7.27. The number of nitrogens with one attached hydrogen (secondary N) is 2. The molecule has 1 saturated heterocycles. The summed E-state index contributed by atoms with van der Waals surface area (Å²) in [4.78, 5) is 25.8. The molecule has 5 nitrogen and oxygen atoms in total. The maximum atomic E-state index is 11.4. The van der Waals surface area contributed by atoms with E-state index in [1.54, 1.807) is 7.11 Å². The van der Waals surface area contributed by atoms with Crippen molar-refractivity contribution in [3.63, 3.8) is 0 Å². The molecule has 1 aliphatic heterocycles. The maximum absolute atomic E-state index is 11.4. The van der Waals surface area contributed by atoms with Gasteiger partial charge in [0.1, 0.15) is 16.1 Å². The van der Waals surface area contributed by atoms with E-state index in [2.05, 4.69) is 10.8 Å². The standard InChI is InChI=1S/C9H8N2O2S3.CH2O/c1-13-11-7-3-2-5(15-7)4-6-8(12)10-9(14)16-6;1-2/h2-4,11H,1H3,(H,10,12,14);1H2/b6-4+;. The Morgan fingerprint density at radius 3 is 2.78 bits per heavy atom. The SMILES string of the molecule is C=O.CONc1ccc(/C=C2/SC(=S)NC2=O)s1. The van der Waals surface area contributed by atoms with Gasteiger partial charge in [0, 0.05) is 4.88 Å². The molecule has 1 amide bonds. The summed E-state index contributed by atoms with van der Waals surface area (Å²) in [6.45, 7) is 2.00. The van der Waals surface area contributed by atoms with Crippen LogP contribution >= 0.6 is 35.3 Å². The zero-order valence-electron chi connectivity index (χ0n) is 9.39. The van der Waals surface area contributed by atoms with Crippen molar-refractivity contribution in [2.45, 2.75) is 0 Å². The average molecular weight is 302 g/mol. The van der Waals surface area contributed by atoms with Gasteiger partial charge in [-0.25, -0.2) is 0 Å². The maximum Gasteiger partial charge on any atom is 0.263 e. The van der Waals surface area contributed by atoms with Crippen LogP contribution in [0.25, 0.3) is 6.08 Å². The first-order chi connectivity index (χ1) is 8.69. The van der Waals surface area contributed by atoms with Crippen molar-refractivity contribution in [1.82, 2.24) is 5.32 Å². The number of carbonyl (C=O) groups is 2. The first kappa shape index (κ1) is 14.8. The van der Waals surface area contributed by atoms with Crippen LogP contribution in [-0.2, 0) is 14.4 Å². The largest absolute Gasteiger partial charge is 0.307 e. The first-order valence-electron chi connectivity index (χ1n) is 4.61. The molecule has 1 aliphatic rings. The Hall–Kier alpha value is -1.22. The van der Waals surface area contributed by atoms with Crippen molar-refractivity contribution >= 4 is 63.4 Å². The monoisotopic (exact) mass is 302 g/mol. The number of rotatable bonds is 3. The highest BCUT2D eigenvalue weighted by Crippen LogP contribution is 2.29. The minimum absolute atomic E-state index is 0.135. The Kier molecular flexibility index (Phi) is 5.99. The molecule has 0 spiro atoms. The molecule has 2 rings (SSSR count). The Morgan fingerprint density at radius 1 is 1.50 bits per heavy atom. The van der Waals surface area contributed by atoms with E-state index >= 15 is 0 Å². The number of hydrogen-bond donors (Lipinski definition) is 2. The number of thioether (sulfide) groups is 1. The predicted octanol–water partition coefficient (Wildman–Crippen LogP) is 2.03. The van der Waals surface area contributed by atoms with Gasteiger partial charge >= 0.3 is 0 Å². The Labute approximate surface area is 118 Å². The molecule has 2 heterocycles. The third-order valence-corrected chi connectivity index (χ3v) is 3.84. The molecule has 18 heavy (non-hydrogen) atoms. The van der Waals surface area contributed by atoms with E-state index in [0.717, 1.165) is 9.88 Å². The van der Waals surface area contributed by atoms with E-state index in [-0.39, 0.29) is 5.91 Å².